The average Bonchev–Trinajstić information content (AvgIpc) is 2.98. The molecule has 0 unspecified atom stereocenters. The minimum absolute atomic E-state index is 0.0619. The third-order valence-corrected chi connectivity index (χ3v) is 3.43. The largest absolute Gasteiger partial charge is 0.456 e. The van der Waals surface area contributed by atoms with Crippen molar-refractivity contribution in [3.8, 4) is 11.5 Å². The summed E-state index contributed by atoms with van der Waals surface area (Å²) >= 11 is 0. The van der Waals surface area contributed by atoms with Crippen molar-refractivity contribution in [2.75, 3.05) is 5.32 Å². The van der Waals surface area contributed by atoms with Crippen LogP contribution >= 0.6 is 0 Å². The molecule has 0 spiro atoms. The van der Waals surface area contributed by atoms with E-state index in [9.17, 15) is 4.79 Å². The number of anilines is 1. The van der Waals surface area contributed by atoms with Gasteiger partial charge in [0, 0.05) is 23.3 Å². The fourth-order valence-corrected chi connectivity index (χ4v) is 2.47. The summed E-state index contributed by atoms with van der Waals surface area (Å²) in [5, 5.41) is 3.65. The van der Waals surface area contributed by atoms with E-state index in [1.165, 1.54) is 0 Å². The number of hydrogen-bond acceptors (Lipinski definition) is 4. The molecular weight excluding hydrogens is 290 g/mol. The standard InChI is InChI=1S/C16H11N3O2.C2H6/c20-15-9-11-14(6-8-18-16(11)19-15)21-13-5-1-4-12-10(13)3-2-7-17-12;1-2/h1-8H,9H2,(H,18,19,20);1-2H3. The second kappa shape index (κ2) is 6.44. The van der Waals surface area contributed by atoms with Crippen molar-refractivity contribution < 1.29 is 9.53 Å². The van der Waals surface area contributed by atoms with Crippen molar-refractivity contribution in [2.45, 2.75) is 20.3 Å². The van der Waals surface area contributed by atoms with E-state index in [-0.39, 0.29) is 5.91 Å². The molecule has 4 rings (SSSR count). The maximum atomic E-state index is 11.5. The van der Waals surface area contributed by atoms with Crippen molar-refractivity contribution in [1.82, 2.24) is 9.97 Å². The van der Waals surface area contributed by atoms with Gasteiger partial charge in [0.05, 0.1) is 11.9 Å². The minimum atomic E-state index is -0.0619. The lowest BCUT2D eigenvalue weighted by atomic mass is 10.2. The van der Waals surface area contributed by atoms with E-state index >= 15 is 0 Å². The van der Waals surface area contributed by atoms with E-state index in [0.29, 0.717) is 23.7 Å². The zero-order valence-corrected chi connectivity index (χ0v) is 13.0. The molecule has 116 valence electrons. The topological polar surface area (TPSA) is 64.1 Å². The highest BCUT2D eigenvalue weighted by Crippen LogP contribution is 2.35. The van der Waals surface area contributed by atoms with E-state index in [0.717, 1.165) is 16.5 Å². The van der Waals surface area contributed by atoms with Gasteiger partial charge in [0.15, 0.2) is 0 Å². The Morgan fingerprint density at radius 3 is 2.74 bits per heavy atom. The monoisotopic (exact) mass is 307 g/mol. The van der Waals surface area contributed by atoms with Crippen LogP contribution in [0.4, 0.5) is 5.82 Å². The Kier molecular flexibility index (Phi) is 4.19. The molecule has 1 aromatic carbocycles. The lowest BCUT2D eigenvalue weighted by molar-refractivity contribution is -0.115. The van der Waals surface area contributed by atoms with E-state index < -0.39 is 0 Å². The van der Waals surface area contributed by atoms with Crippen LogP contribution in [0.3, 0.4) is 0 Å². The number of benzene rings is 1. The number of carbonyl (C=O) groups excluding carboxylic acids is 1. The second-order valence-electron chi connectivity index (χ2n) is 4.79. The number of amides is 1. The van der Waals surface area contributed by atoms with Crippen LogP contribution in [0.5, 0.6) is 11.5 Å². The minimum Gasteiger partial charge on any atom is -0.456 e. The van der Waals surface area contributed by atoms with E-state index in [1.807, 2.05) is 44.2 Å². The van der Waals surface area contributed by atoms with Crippen LogP contribution in [0.15, 0.2) is 48.8 Å². The molecule has 2 aromatic heterocycles. The van der Waals surface area contributed by atoms with Gasteiger partial charge in [0.2, 0.25) is 5.91 Å². The highest BCUT2D eigenvalue weighted by atomic mass is 16.5. The van der Waals surface area contributed by atoms with Gasteiger partial charge in [-0.1, -0.05) is 19.9 Å². The number of nitrogens with zero attached hydrogens (tertiary/aromatic N) is 2. The van der Waals surface area contributed by atoms with Gasteiger partial charge in [-0.3, -0.25) is 9.78 Å². The summed E-state index contributed by atoms with van der Waals surface area (Å²) in [5.74, 6) is 1.88. The van der Waals surface area contributed by atoms with Crippen LogP contribution in [-0.4, -0.2) is 15.9 Å². The zero-order chi connectivity index (χ0) is 16.2. The SMILES string of the molecule is CC.O=C1Cc2c(Oc3cccc4ncccc34)ccnc2N1. The zero-order valence-electron chi connectivity index (χ0n) is 13.0. The third kappa shape index (κ3) is 2.85. The molecule has 0 aliphatic carbocycles. The molecule has 1 aliphatic heterocycles. The first-order valence-corrected chi connectivity index (χ1v) is 7.60. The molecule has 1 aliphatic rings. The lowest BCUT2D eigenvalue weighted by Crippen LogP contribution is -2.04. The summed E-state index contributed by atoms with van der Waals surface area (Å²) in [6, 6.07) is 11.3. The molecule has 5 nitrogen and oxygen atoms in total. The Bertz CT molecular complexity index is 857. The Labute approximate surface area is 134 Å². The maximum absolute atomic E-state index is 11.5. The molecule has 3 aromatic rings. The average molecular weight is 307 g/mol. The first-order valence-electron chi connectivity index (χ1n) is 7.60. The quantitative estimate of drug-likeness (QED) is 0.778. The first kappa shape index (κ1) is 15.0. The number of hydrogen-bond donors (Lipinski definition) is 1. The second-order valence-corrected chi connectivity index (χ2v) is 4.79. The van der Waals surface area contributed by atoms with E-state index in [2.05, 4.69) is 15.3 Å². The molecular formula is C18H17N3O2. The highest BCUT2D eigenvalue weighted by molar-refractivity contribution is 5.98. The van der Waals surface area contributed by atoms with Gasteiger partial charge in [0.1, 0.15) is 17.3 Å². The van der Waals surface area contributed by atoms with Gasteiger partial charge in [-0.25, -0.2) is 4.98 Å². The van der Waals surface area contributed by atoms with Crippen LogP contribution in [-0.2, 0) is 11.2 Å². The van der Waals surface area contributed by atoms with Gasteiger partial charge in [-0.15, -0.1) is 0 Å². The first-order chi connectivity index (χ1) is 11.3. The Morgan fingerprint density at radius 1 is 1.00 bits per heavy atom. The van der Waals surface area contributed by atoms with Crippen molar-refractivity contribution >= 4 is 22.6 Å². The number of pyridine rings is 2. The summed E-state index contributed by atoms with van der Waals surface area (Å²) in [6.07, 6.45) is 3.67. The number of nitrogens with one attached hydrogen (secondary N) is 1. The van der Waals surface area contributed by atoms with Crippen molar-refractivity contribution in [3.63, 3.8) is 0 Å². The van der Waals surface area contributed by atoms with E-state index in [4.69, 9.17) is 4.74 Å². The molecule has 0 saturated heterocycles. The van der Waals surface area contributed by atoms with Gasteiger partial charge in [-0.05, 0) is 30.3 Å². The van der Waals surface area contributed by atoms with Gasteiger partial charge in [0.25, 0.3) is 0 Å². The molecule has 3 heterocycles. The fourth-order valence-electron chi connectivity index (χ4n) is 2.47. The predicted octanol–water partition coefficient (Wildman–Crippen LogP) is 3.94. The van der Waals surface area contributed by atoms with Gasteiger partial charge >= 0.3 is 0 Å². The molecule has 0 bridgehead atoms. The number of aromatic nitrogens is 2. The Hall–Kier alpha value is -2.95. The number of carbonyl (C=O) groups is 1. The normalized spacial score (nSPS) is 12.2. The Morgan fingerprint density at radius 2 is 1.87 bits per heavy atom. The number of ether oxygens (including phenoxy) is 1. The van der Waals surface area contributed by atoms with Crippen LogP contribution < -0.4 is 10.1 Å². The van der Waals surface area contributed by atoms with Crippen LogP contribution in [0.2, 0.25) is 0 Å². The molecule has 23 heavy (non-hydrogen) atoms. The van der Waals surface area contributed by atoms with Gasteiger partial charge in [-0.2, -0.15) is 0 Å². The Balaban J connectivity index is 0.000000753. The molecule has 0 saturated carbocycles. The summed E-state index contributed by atoms with van der Waals surface area (Å²) in [5.41, 5.74) is 1.67. The lowest BCUT2D eigenvalue weighted by Gasteiger charge is -2.10. The fraction of sp³-hybridized carbons (Fsp3) is 0.167. The molecule has 0 radical (unpaired) electrons. The molecule has 1 amide bonds. The van der Waals surface area contributed by atoms with Crippen LogP contribution in [0, 0.1) is 0 Å². The van der Waals surface area contributed by atoms with Crippen LogP contribution in [0.1, 0.15) is 19.4 Å². The summed E-state index contributed by atoms with van der Waals surface area (Å²) in [6.45, 7) is 4.00. The van der Waals surface area contributed by atoms with Gasteiger partial charge < -0.3 is 10.1 Å². The van der Waals surface area contributed by atoms with Crippen molar-refractivity contribution in [3.05, 3.63) is 54.4 Å². The smallest absolute Gasteiger partial charge is 0.230 e. The number of rotatable bonds is 2. The maximum Gasteiger partial charge on any atom is 0.230 e. The molecule has 0 fully saturated rings. The van der Waals surface area contributed by atoms with Crippen molar-refractivity contribution in [1.29, 1.82) is 0 Å². The summed E-state index contributed by atoms with van der Waals surface area (Å²) in [4.78, 5) is 20.0. The molecule has 1 N–H and O–H groups in total. The molecule has 0 atom stereocenters. The molecule has 5 heteroatoms. The van der Waals surface area contributed by atoms with Crippen LogP contribution in [0.25, 0.3) is 10.9 Å². The predicted molar refractivity (Wildman–Crippen MR) is 89.7 cm³/mol. The summed E-state index contributed by atoms with van der Waals surface area (Å²) in [7, 11) is 0. The van der Waals surface area contributed by atoms with E-state index in [1.54, 1.807) is 18.5 Å². The highest BCUT2D eigenvalue weighted by Gasteiger charge is 2.23. The summed E-state index contributed by atoms with van der Waals surface area (Å²) < 4.78 is 6.01. The number of fused-ring (bicyclic) bond motifs is 2. The third-order valence-electron chi connectivity index (χ3n) is 3.43. The van der Waals surface area contributed by atoms with Crippen molar-refractivity contribution in [2.24, 2.45) is 0 Å².